The lowest BCUT2D eigenvalue weighted by Crippen LogP contribution is -2.45. The molecule has 1 aliphatic heterocycles. The molecular weight excluding hydrogens is 328 g/mol. The molecule has 5 nitrogen and oxygen atoms in total. The Hall–Kier alpha value is -2.53. The maximum absolute atomic E-state index is 12.6. The van der Waals surface area contributed by atoms with E-state index in [1.54, 1.807) is 11.8 Å². The summed E-state index contributed by atoms with van der Waals surface area (Å²) >= 11 is 0. The zero-order chi connectivity index (χ0) is 18.7. The smallest absolute Gasteiger partial charge is 0.267 e. The van der Waals surface area contributed by atoms with E-state index >= 15 is 0 Å². The Kier molecular flexibility index (Phi) is 5.47. The Bertz CT molecular complexity index is 771. The first-order valence-electron chi connectivity index (χ1n) is 9.02. The van der Waals surface area contributed by atoms with Gasteiger partial charge in [-0.05, 0) is 57.0 Å². The molecule has 2 atom stereocenters. The molecule has 0 bridgehead atoms. The Balaban J connectivity index is 1.67. The van der Waals surface area contributed by atoms with Crippen LogP contribution in [0.4, 0.5) is 5.69 Å². The van der Waals surface area contributed by atoms with Gasteiger partial charge in [0.15, 0.2) is 6.10 Å². The topological polar surface area (TPSA) is 64.8 Å². The van der Waals surface area contributed by atoms with Crippen LogP contribution >= 0.6 is 0 Å². The molecule has 0 saturated heterocycles. The molecule has 26 heavy (non-hydrogen) atoms. The van der Waals surface area contributed by atoms with E-state index in [1.807, 2.05) is 56.3 Å². The van der Waals surface area contributed by atoms with Crippen LogP contribution in [0.2, 0.25) is 0 Å². The van der Waals surface area contributed by atoms with E-state index in [4.69, 9.17) is 15.2 Å². The fraction of sp³-hybridized carbons (Fsp3) is 0.381. The average Bonchev–Trinajstić information content (AvgIpc) is 2.62. The summed E-state index contributed by atoms with van der Waals surface area (Å²) in [6, 6.07) is 13.7. The molecule has 1 heterocycles. The van der Waals surface area contributed by atoms with E-state index in [0.717, 1.165) is 29.2 Å². The van der Waals surface area contributed by atoms with Crippen molar-refractivity contribution in [1.29, 1.82) is 0 Å². The van der Waals surface area contributed by atoms with Gasteiger partial charge in [-0.15, -0.1) is 0 Å². The minimum atomic E-state index is -0.485. The Morgan fingerprint density at radius 1 is 1.23 bits per heavy atom. The minimum absolute atomic E-state index is 0.0327. The number of aryl methyl sites for hydroxylation is 1. The predicted octanol–water partition coefficient (Wildman–Crippen LogP) is 3.60. The molecule has 0 aromatic heterocycles. The molecule has 1 aliphatic rings. The Morgan fingerprint density at radius 3 is 2.65 bits per heavy atom. The summed E-state index contributed by atoms with van der Waals surface area (Å²) in [7, 11) is 0. The summed E-state index contributed by atoms with van der Waals surface area (Å²) in [5, 5.41) is 0. The normalized spacial score (nSPS) is 17.5. The summed E-state index contributed by atoms with van der Waals surface area (Å²) in [6.45, 7) is 6.87. The third-order valence-electron chi connectivity index (χ3n) is 4.53. The first-order chi connectivity index (χ1) is 12.5. The number of carbonyl (C=O) groups excluding carboxylic acids is 1. The van der Waals surface area contributed by atoms with Crippen molar-refractivity contribution in [2.75, 3.05) is 18.1 Å². The van der Waals surface area contributed by atoms with Gasteiger partial charge in [-0.1, -0.05) is 23.8 Å². The third kappa shape index (κ3) is 3.99. The van der Waals surface area contributed by atoms with Gasteiger partial charge in [-0.3, -0.25) is 4.79 Å². The van der Waals surface area contributed by atoms with Gasteiger partial charge < -0.3 is 20.1 Å². The van der Waals surface area contributed by atoms with Gasteiger partial charge in [-0.25, -0.2) is 0 Å². The lowest BCUT2D eigenvalue weighted by atomic mass is 10.1. The summed E-state index contributed by atoms with van der Waals surface area (Å²) in [5.41, 5.74) is 8.96. The van der Waals surface area contributed by atoms with Crippen LogP contribution in [0, 0.1) is 6.92 Å². The average molecular weight is 354 g/mol. The lowest BCUT2D eigenvalue weighted by molar-refractivity contribution is -0.125. The quantitative estimate of drug-likeness (QED) is 0.805. The zero-order valence-electron chi connectivity index (χ0n) is 15.6. The van der Waals surface area contributed by atoms with Crippen molar-refractivity contribution < 1.29 is 14.3 Å². The van der Waals surface area contributed by atoms with Crippen LogP contribution in [0.1, 0.15) is 37.4 Å². The van der Waals surface area contributed by atoms with Gasteiger partial charge in [-0.2, -0.15) is 0 Å². The summed E-state index contributed by atoms with van der Waals surface area (Å²) < 4.78 is 11.5. The molecule has 0 aliphatic carbocycles. The maximum Gasteiger partial charge on any atom is 0.267 e. The fourth-order valence-corrected chi connectivity index (χ4v) is 2.99. The van der Waals surface area contributed by atoms with Crippen LogP contribution in [0.25, 0.3) is 0 Å². The van der Waals surface area contributed by atoms with E-state index in [9.17, 15) is 4.79 Å². The van der Waals surface area contributed by atoms with E-state index in [2.05, 4.69) is 0 Å². The molecule has 0 spiro atoms. The Morgan fingerprint density at radius 2 is 1.96 bits per heavy atom. The van der Waals surface area contributed by atoms with Crippen molar-refractivity contribution in [2.24, 2.45) is 5.73 Å². The number of hydrogen-bond acceptors (Lipinski definition) is 4. The van der Waals surface area contributed by atoms with Crippen molar-refractivity contribution in [2.45, 2.75) is 39.3 Å². The SMILES string of the molecule is Cc1ccc(OCCCN2C(=O)C(C)Oc3ccc(C(C)N)cc32)cc1. The zero-order valence-corrected chi connectivity index (χ0v) is 15.6. The van der Waals surface area contributed by atoms with Gasteiger partial charge in [0.1, 0.15) is 11.5 Å². The molecule has 138 valence electrons. The van der Waals surface area contributed by atoms with Gasteiger partial charge in [0.05, 0.1) is 12.3 Å². The van der Waals surface area contributed by atoms with Gasteiger partial charge in [0.2, 0.25) is 0 Å². The summed E-state index contributed by atoms with van der Waals surface area (Å²) in [6.07, 6.45) is 0.246. The van der Waals surface area contributed by atoms with E-state index < -0.39 is 6.10 Å². The van der Waals surface area contributed by atoms with E-state index in [-0.39, 0.29) is 11.9 Å². The number of carbonyl (C=O) groups is 1. The second-order valence-corrected chi connectivity index (χ2v) is 6.78. The summed E-state index contributed by atoms with van der Waals surface area (Å²) in [4.78, 5) is 14.4. The molecule has 2 aromatic carbocycles. The second kappa shape index (κ2) is 7.79. The monoisotopic (exact) mass is 354 g/mol. The van der Waals surface area contributed by atoms with Crippen LogP contribution in [0.5, 0.6) is 11.5 Å². The molecule has 2 N–H and O–H groups in total. The molecule has 0 fully saturated rings. The number of amides is 1. The lowest BCUT2D eigenvalue weighted by Gasteiger charge is -2.33. The number of hydrogen-bond donors (Lipinski definition) is 1. The molecule has 2 unspecified atom stereocenters. The first-order valence-corrected chi connectivity index (χ1v) is 9.02. The number of nitrogens with two attached hydrogens (primary N) is 1. The third-order valence-corrected chi connectivity index (χ3v) is 4.53. The number of nitrogens with zero attached hydrogens (tertiary/aromatic N) is 1. The fourth-order valence-electron chi connectivity index (χ4n) is 2.99. The summed E-state index contributed by atoms with van der Waals surface area (Å²) in [5.74, 6) is 1.53. The van der Waals surface area contributed by atoms with Crippen LogP contribution in [0.15, 0.2) is 42.5 Å². The molecular formula is C21H26N2O3. The highest BCUT2D eigenvalue weighted by Gasteiger charge is 2.31. The number of fused-ring (bicyclic) bond motifs is 1. The molecule has 0 saturated carbocycles. The van der Waals surface area contributed by atoms with E-state index in [1.165, 1.54) is 5.56 Å². The van der Waals surface area contributed by atoms with E-state index in [0.29, 0.717) is 13.2 Å². The molecule has 5 heteroatoms. The first kappa shape index (κ1) is 18.3. The van der Waals surface area contributed by atoms with Crippen molar-refractivity contribution >= 4 is 11.6 Å². The number of rotatable bonds is 6. The number of ether oxygens (including phenoxy) is 2. The van der Waals surface area contributed by atoms with Crippen molar-refractivity contribution in [3.05, 3.63) is 53.6 Å². The van der Waals surface area contributed by atoms with Gasteiger partial charge >= 0.3 is 0 Å². The maximum atomic E-state index is 12.6. The van der Waals surface area contributed by atoms with Gasteiger partial charge in [0, 0.05) is 12.6 Å². The highest BCUT2D eigenvalue weighted by atomic mass is 16.5. The second-order valence-electron chi connectivity index (χ2n) is 6.78. The minimum Gasteiger partial charge on any atom is -0.494 e. The number of benzene rings is 2. The molecule has 1 amide bonds. The van der Waals surface area contributed by atoms with Crippen LogP contribution in [0.3, 0.4) is 0 Å². The van der Waals surface area contributed by atoms with Crippen LogP contribution < -0.4 is 20.1 Å². The van der Waals surface area contributed by atoms with Crippen molar-refractivity contribution in [3.63, 3.8) is 0 Å². The highest BCUT2D eigenvalue weighted by molar-refractivity contribution is 5.99. The van der Waals surface area contributed by atoms with Crippen LogP contribution in [-0.4, -0.2) is 25.2 Å². The van der Waals surface area contributed by atoms with Crippen molar-refractivity contribution in [3.8, 4) is 11.5 Å². The van der Waals surface area contributed by atoms with Gasteiger partial charge in [0.25, 0.3) is 5.91 Å². The molecule has 2 aromatic rings. The largest absolute Gasteiger partial charge is 0.494 e. The van der Waals surface area contributed by atoms with Crippen LogP contribution in [-0.2, 0) is 4.79 Å². The number of anilines is 1. The molecule has 3 rings (SSSR count). The van der Waals surface area contributed by atoms with Crippen molar-refractivity contribution in [1.82, 2.24) is 0 Å². The standard InChI is InChI=1S/C21H26N2O3/c1-14-5-8-18(9-6-14)25-12-4-11-23-19-13-17(15(2)22)7-10-20(19)26-16(3)21(23)24/h5-10,13,15-16H,4,11-12,22H2,1-3H3. The highest BCUT2D eigenvalue weighted by Crippen LogP contribution is 2.36. The Labute approximate surface area is 154 Å². The molecule has 0 radical (unpaired) electrons. The predicted molar refractivity (Wildman–Crippen MR) is 103 cm³/mol.